The lowest BCUT2D eigenvalue weighted by Gasteiger charge is -2.26. The molecule has 0 N–H and O–H groups in total. The van der Waals surface area contributed by atoms with Crippen molar-refractivity contribution in [1.29, 1.82) is 0 Å². The van der Waals surface area contributed by atoms with Gasteiger partial charge in [-0.1, -0.05) is 18.2 Å². The van der Waals surface area contributed by atoms with E-state index in [2.05, 4.69) is 30.9 Å². The lowest BCUT2D eigenvalue weighted by Crippen LogP contribution is -2.24. The van der Waals surface area contributed by atoms with Crippen LogP contribution >= 0.6 is 0 Å². The Morgan fingerprint density at radius 3 is 2.56 bits per heavy atom. The fourth-order valence-electron chi connectivity index (χ4n) is 2.08. The molecule has 0 amide bonds. The van der Waals surface area contributed by atoms with E-state index in [-0.39, 0.29) is 12.0 Å². The van der Waals surface area contributed by atoms with Gasteiger partial charge in [-0.2, -0.15) is 0 Å². The van der Waals surface area contributed by atoms with E-state index in [1.807, 2.05) is 27.1 Å². The molecule has 0 fully saturated rings. The minimum atomic E-state index is -0.142. The van der Waals surface area contributed by atoms with Crippen LogP contribution in [0.4, 0.5) is 0 Å². The number of rotatable bonds is 5. The van der Waals surface area contributed by atoms with Crippen LogP contribution in [-0.4, -0.2) is 31.6 Å². The maximum absolute atomic E-state index is 11.7. The molecule has 3 heteroatoms. The molecule has 0 aliphatic rings. The maximum Gasteiger partial charge on any atom is 0.307 e. The number of aryl methyl sites for hydroxylation is 1. The summed E-state index contributed by atoms with van der Waals surface area (Å²) in [6.45, 7) is 6.47. The Labute approximate surface area is 110 Å². The summed E-state index contributed by atoms with van der Waals surface area (Å²) >= 11 is 0. The van der Waals surface area contributed by atoms with Gasteiger partial charge < -0.3 is 9.64 Å². The Kier molecular flexibility index (Phi) is 5.35. The fraction of sp³-hybridized carbons (Fsp3) is 0.533. The van der Waals surface area contributed by atoms with Gasteiger partial charge in [0.1, 0.15) is 0 Å². The van der Waals surface area contributed by atoms with Crippen LogP contribution < -0.4 is 0 Å². The van der Waals surface area contributed by atoms with E-state index >= 15 is 0 Å². The van der Waals surface area contributed by atoms with E-state index in [4.69, 9.17) is 4.74 Å². The van der Waals surface area contributed by atoms with Crippen molar-refractivity contribution in [2.24, 2.45) is 0 Å². The molecular weight excluding hydrogens is 226 g/mol. The lowest BCUT2D eigenvalue weighted by atomic mass is 9.95. The minimum absolute atomic E-state index is 0.0731. The van der Waals surface area contributed by atoms with Gasteiger partial charge in [0.25, 0.3) is 0 Å². The number of esters is 1. The zero-order chi connectivity index (χ0) is 13.7. The number of carbonyl (C=O) groups is 1. The Hall–Kier alpha value is -1.35. The largest absolute Gasteiger partial charge is 0.466 e. The molecule has 0 heterocycles. The highest BCUT2D eigenvalue weighted by atomic mass is 16.5. The summed E-state index contributed by atoms with van der Waals surface area (Å²) < 4.78 is 5.05. The molecule has 3 nitrogen and oxygen atoms in total. The molecule has 0 spiro atoms. The summed E-state index contributed by atoms with van der Waals surface area (Å²) in [6, 6.07) is 6.30. The van der Waals surface area contributed by atoms with Gasteiger partial charge in [-0.3, -0.25) is 4.79 Å². The molecule has 1 aromatic carbocycles. The number of hydrogen-bond acceptors (Lipinski definition) is 3. The maximum atomic E-state index is 11.7. The highest BCUT2D eigenvalue weighted by molar-refractivity contribution is 5.70. The van der Waals surface area contributed by atoms with Gasteiger partial charge in [0, 0.05) is 6.04 Å². The molecule has 0 bridgehead atoms. The molecule has 0 saturated carbocycles. The smallest absolute Gasteiger partial charge is 0.307 e. The molecule has 0 aromatic heterocycles. The van der Waals surface area contributed by atoms with Crippen molar-refractivity contribution in [3.8, 4) is 0 Å². The first kappa shape index (κ1) is 14.7. The molecule has 18 heavy (non-hydrogen) atoms. The van der Waals surface area contributed by atoms with Gasteiger partial charge in [-0.25, -0.2) is 0 Å². The normalized spacial score (nSPS) is 12.6. The van der Waals surface area contributed by atoms with Gasteiger partial charge in [-0.15, -0.1) is 0 Å². The summed E-state index contributed by atoms with van der Waals surface area (Å²) in [7, 11) is 3.98. The van der Waals surface area contributed by atoms with Gasteiger partial charge >= 0.3 is 5.97 Å². The van der Waals surface area contributed by atoms with Crippen LogP contribution in [0.2, 0.25) is 0 Å². The molecule has 0 aliphatic carbocycles. The first-order chi connectivity index (χ1) is 8.47. The highest BCUT2D eigenvalue weighted by Gasteiger charge is 2.20. The second-order valence-corrected chi connectivity index (χ2v) is 4.78. The van der Waals surface area contributed by atoms with Crippen molar-refractivity contribution >= 4 is 5.97 Å². The molecule has 100 valence electrons. The quantitative estimate of drug-likeness (QED) is 0.751. The Balaban J connectivity index is 2.98. The van der Waals surface area contributed by atoms with Gasteiger partial charge in [0.15, 0.2) is 0 Å². The first-order valence-corrected chi connectivity index (χ1v) is 6.35. The first-order valence-electron chi connectivity index (χ1n) is 6.35. The number of hydrogen-bond donors (Lipinski definition) is 0. The highest BCUT2D eigenvalue weighted by Crippen LogP contribution is 2.27. The van der Waals surface area contributed by atoms with E-state index in [9.17, 15) is 4.79 Å². The predicted octanol–water partition coefficient (Wildman–Crippen LogP) is 2.86. The Morgan fingerprint density at radius 2 is 2.00 bits per heavy atom. The van der Waals surface area contributed by atoms with Gasteiger partial charge in [0.05, 0.1) is 13.0 Å². The van der Waals surface area contributed by atoms with E-state index in [1.54, 1.807) is 0 Å². The van der Waals surface area contributed by atoms with Gasteiger partial charge in [-0.05, 0) is 51.6 Å². The molecule has 1 aromatic rings. The van der Waals surface area contributed by atoms with E-state index in [1.165, 1.54) is 16.7 Å². The zero-order valence-electron chi connectivity index (χ0n) is 12.0. The van der Waals surface area contributed by atoms with Crippen LogP contribution in [0.3, 0.4) is 0 Å². The van der Waals surface area contributed by atoms with Crippen molar-refractivity contribution in [3.05, 3.63) is 34.9 Å². The van der Waals surface area contributed by atoms with Crippen molar-refractivity contribution in [1.82, 2.24) is 4.90 Å². The third-order valence-electron chi connectivity index (χ3n) is 3.29. The lowest BCUT2D eigenvalue weighted by molar-refractivity contribution is -0.144. The predicted molar refractivity (Wildman–Crippen MR) is 73.6 cm³/mol. The Morgan fingerprint density at radius 1 is 1.33 bits per heavy atom. The Bertz CT molecular complexity index is 413. The second-order valence-electron chi connectivity index (χ2n) is 4.78. The van der Waals surface area contributed by atoms with Crippen LogP contribution in [0.1, 0.15) is 36.1 Å². The fourth-order valence-corrected chi connectivity index (χ4v) is 2.08. The van der Waals surface area contributed by atoms with Crippen LogP contribution in [-0.2, 0) is 9.53 Å². The van der Waals surface area contributed by atoms with Crippen LogP contribution in [0.15, 0.2) is 18.2 Å². The summed E-state index contributed by atoms with van der Waals surface area (Å²) in [5, 5.41) is 0. The van der Waals surface area contributed by atoms with Crippen LogP contribution in [0, 0.1) is 13.8 Å². The monoisotopic (exact) mass is 249 g/mol. The average Bonchev–Trinajstić information content (AvgIpc) is 2.30. The molecule has 1 rings (SSSR count). The molecule has 1 atom stereocenters. The summed E-state index contributed by atoms with van der Waals surface area (Å²) in [6.07, 6.45) is 0.394. The third-order valence-corrected chi connectivity index (χ3v) is 3.29. The standard InChI is InChI=1S/C15H23NO2/c1-6-18-15(17)10-14(16(4)5)13-9-7-8-11(2)12(13)3/h7-9,14H,6,10H2,1-5H3. The molecule has 0 radical (unpaired) electrons. The van der Waals surface area contributed by atoms with E-state index in [0.29, 0.717) is 13.0 Å². The van der Waals surface area contributed by atoms with Crippen molar-refractivity contribution in [2.75, 3.05) is 20.7 Å². The zero-order valence-corrected chi connectivity index (χ0v) is 12.0. The topological polar surface area (TPSA) is 29.5 Å². The van der Waals surface area contributed by atoms with E-state index < -0.39 is 0 Å². The average molecular weight is 249 g/mol. The number of nitrogens with zero attached hydrogens (tertiary/aromatic N) is 1. The number of benzene rings is 1. The van der Waals surface area contributed by atoms with Gasteiger partial charge in [0.2, 0.25) is 0 Å². The molecular formula is C15H23NO2. The number of carbonyl (C=O) groups excluding carboxylic acids is 1. The molecule has 1 unspecified atom stereocenters. The second kappa shape index (κ2) is 6.55. The summed E-state index contributed by atoms with van der Waals surface area (Å²) in [5.74, 6) is -0.142. The molecule has 0 aliphatic heterocycles. The molecule has 0 saturated heterocycles. The van der Waals surface area contributed by atoms with Crippen molar-refractivity contribution in [2.45, 2.75) is 33.2 Å². The third kappa shape index (κ3) is 3.57. The van der Waals surface area contributed by atoms with Crippen molar-refractivity contribution in [3.63, 3.8) is 0 Å². The summed E-state index contributed by atoms with van der Waals surface area (Å²) in [4.78, 5) is 13.7. The van der Waals surface area contributed by atoms with E-state index in [0.717, 1.165) is 0 Å². The minimum Gasteiger partial charge on any atom is -0.466 e. The van der Waals surface area contributed by atoms with Crippen LogP contribution in [0.25, 0.3) is 0 Å². The SMILES string of the molecule is CCOC(=O)CC(c1cccc(C)c1C)N(C)C. The van der Waals surface area contributed by atoms with Crippen LogP contribution in [0.5, 0.6) is 0 Å². The summed E-state index contributed by atoms with van der Waals surface area (Å²) in [5.41, 5.74) is 3.71. The van der Waals surface area contributed by atoms with Crippen molar-refractivity contribution < 1.29 is 9.53 Å². The number of ether oxygens (including phenoxy) is 1.